The van der Waals surface area contributed by atoms with Gasteiger partial charge in [0.1, 0.15) is 6.20 Å². The molecule has 1 saturated heterocycles. The Morgan fingerprint density at radius 3 is 2.95 bits per heavy atom. The van der Waals surface area contributed by atoms with Gasteiger partial charge in [0.25, 0.3) is 5.91 Å². The van der Waals surface area contributed by atoms with Gasteiger partial charge in [0, 0.05) is 6.54 Å². The minimum atomic E-state index is -0.618. The minimum absolute atomic E-state index is 0.0909. The second-order valence-corrected chi connectivity index (χ2v) is 5.52. The van der Waals surface area contributed by atoms with Gasteiger partial charge in [-0.05, 0) is 44.8 Å². The van der Waals surface area contributed by atoms with Crippen molar-refractivity contribution in [3.63, 3.8) is 0 Å². The summed E-state index contributed by atoms with van der Waals surface area (Å²) in [6, 6.07) is 0. The largest absolute Gasteiger partial charge is 0.350 e. The van der Waals surface area contributed by atoms with Crippen molar-refractivity contribution in [2.24, 2.45) is 5.92 Å². The summed E-state index contributed by atoms with van der Waals surface area (Å²) in [6.45, 7) is 5.94. The molecule has 0 unspecified atom stereocenters. The van der Waals surface area contributed by atoms with Crippen LogP contribution >= 0.6 is 0 Å². The highest BCUT2D eigenvalue weighted by atomic mass is 16.6. The number of aromatic nitrogens is 2. The lowest BCUT2D eigenvalue weighted by molar-refractivity contribution is -0.385. The van der Waals surface area contributed by atoms with E-state index in [0.717, 1.165) is 38.2 Å². The molecule has 0 aromatic carbocycles. The predicted molar refractivity (Wildman–Crippen MR) is 77.0 cm³/mol. The maximum atomic E-state index is 11.8. The number of rotatable bonds is 6. The van der Waals surface area contributed by atoms with Gasteiger partial charge in [0.15, 0.2) is 0 Å². The zero-order chi connectivity index (χ0) is 15.2. The van der Waals surface area contributed by atoms with Gasteiger partial charge >= 0.3 is 5.69 Å². The molecule has 0 saturated carbocycles. The molecule has 1 aliphatic heterocycles. The molecule has 2 heterocycles. The summed E-state index contributed by atoms with van der Waals surface area (Å²) in [6.07, 6.45) is 4.34. The molecule has 2 rings (SSSR count). The van der Waals surface area contributed by atoms with Crippen LogP contribution in [0.3, 0.4) is 0 Å². The van der Waals surface area contributed by atoms with Gasteiger partial charge in [-0.1, -0.05) is 6.92 Å². The maximum absolute atomic E-state index is 11.8. The molecule has 8 heteroatoms. The molecule has 21 heavy (non-hydrogen) atoms. The average molecular weight is 295 g/mol. The van der Waals surface area contributed by atoms with Gasteiger partial charge in [-0.25, -0.2) is 0 Å². The van der Waals surface area contributed by atoms with Gasteiger partial charge in [0.05, 0.1) is 4.92 Å². The Balaban J connectivity index is 1.70. The normalized spacial score (nSPS) is 16.8. The smallest absolute Gasteiger partial charge is 0.319 e. The zero-order valence-corrected chi connectivity index (χ0v) is 12.2. The molecule has 0 spiro atoms. The second kappa shape index (κ2) is 7.16. The number of hydrogen-bond acceptors (Lipinski definition) is 5. The number of carbonyl (C=O) groups is 1. The number of aromatic amines is 1. The first-order valence-corrected chi connectivity index (χ1v) is 7.26. The molecule has 0 radical (unpaired) electrons. The Hall–Kier alpha value is -1.96. The van der Waals surface area contributed by atoms with E-state index in [9.17, 15) is 14.9 Å². The van der Waals surface area contributed by atoms with E-state index in [2.05, 4.69) is 27.3 Å². The number of amides is 1. The van der Waals surface area contributed by atoms with Crippen LogP contribution in [0.1, 0.15) is 36.7 Å². The van der Waals surface area contributed by atoms with Crippen LogP contribution in [0.25, 0.3) is 0 Å². The monoisotopic (exact) mass is 295 g/mol. The third-order valence-corrected chi connectivity index (χ3v) is 3.86. The Bertz CT molecular complexity index is 494. The van der Waals surface area contributed by atoms with E-state index >= 15 is 0 Å². The summed E-state index contributed by atoms with van der Waals surface area (Å²) in [7, 11) is 0. The fourth-order valence-electron chi connectivity index (χ4n) is 2.46. The van der Waals surface area contributed by atoms with E-state index in [0.29, 0.717) is 6.54 Å². The predicted octanol–water partition coefficient (Wildman–Crippen LogP) is 1.17. The standard InChI is InChI=1S/C13H21N5O3/c1-10-3-7-17(8-4-10)6-2-5-14-13(19)12-11(18(20)21)9-15-16-12/h9-10H,2-8H2,1H3,(H,14,19)(H,15,16). The minimum Gasteiger partial charge on any atom is -0.350 e. The van der Waals surface area contributed by atoms with Crippen molar-refractivity contribution in [1.29, 1.82) is 0 Å². The van der Waals surface area contributed by atoms with Gasteiger partial charge in [-0.3, -0.25) is 20.0 Å². The highest BCUT2D eigenvalue weighted by Crippen LogP contribution is 2.16. The summed E-state index contributed by atoms with van der Waals surface area (Å²) < 4.78 is 0. The van der Waals surface area contributed by atoms with Crippen LogP contribution in [-0.2, 0) is 0 Å². The highest BCUT2D eigenvalue weighted by molar-refractivity contribution is 5.95. The Morgan fingerprint density at radius 2 is 2.29 bits per heavy atom. The number of nitrogens with one attached hydrogen (secondary N) is 2. The lowest BCUT2D eigenvalue weighted by Gasteiger charge is -2.30. The van der Waals surface area contributed by atoms with Crippen LogP contribution in [0.2, 0.25) is 0 Å². The van der Waals surface area contributed by atoms with Crippen molar-refractivity contribution >= 4 is 11.6 Å². The number of H-pyrrole nitrogens is 1. The fraction of sp³-hybridized carbons (Fsp3) is 0.692. The highest BCUT2D eigenvalue weighted by Gasteiger charge is 2.22. The first-order valence-electron chi connectivity index (χ1n) is 7.26. The van der Waals surface area contributed by atoms with E-state index in [4.69, 9.17) is 0 Å². The zero-order valence-electron chi connectivity index (χ0n) is 12.2. The molecule has 0 atom stereocenters. The molecule has 0 bridgehead atoms. The third-order valence-electron chi connectivity index (χ3n) is 3.86. The quantitative estimate of drug-likeness (QED) is 0.466. The van der Waals surface area contributed by atoms with Crippen LogP contribution in [-0.4, -0.2) is 52.1 Å². The lowest BCUT2D eigenvalue weighted by Crippen LogP contribution is -2.35. The van der Waals surface area contributed by atoms with E-state index in [1.165, 1.54) is 12.8 Å². The van der Waals surface area contributed by atoms with Crippen molar-refractivity contribution in [2.75, 3.05) is 26.2 Å². The van der Waals surface area contributed by atoms with E-state index < -0.39 is 10.8 Å². The first-order chi connectivity index (χ1) is 10.1. The summed E-state index contributed by atoms with van der Waals surface area (Å²) in [5, 5.41) is 19.3. The van der Waals surface area contributed by atoms with Gasteiger partial charge in [-0.15, -0.1) is 0 Å². The summed E-state index contributed by atoms with van der Waals surface area (Å²) in [4.78, 5) is 24.3. The van der Waals surface area contributed by atoms with Crippen LogP contribution < -0.4 is 5.32 Å². The van der Waals surface area contributed by atoms with Crippen LogP contribution in [0.15, 0.2) is 6.20 Å². The molecule has 1 aliphatic rings. The maximum Gasteiger partial charge on any atom is 0.319 e. The molecular weight excluding hydrogens is 274 g/mol. The van der Waals surface area contributed by atoms with Gasteiger partial charge in [0.2, 0.25) is 5.69 Å². The molecule has 2 N–H and O–H groups in total. The number of likely N-dealkylation sites (tertiary alicyclic amines) is 1. The average Bonchev–Trinajstić information content (AvgIpc) is 2.95. The number of hydrogen-bond donors (Lipinski definition) is 2. The SMILES string of the molecule is CC1CCN(CCCNC(=O)c2[nH]ncc2[N+](=O)[O-])CC1. The number of carbonyl (C=O) groups excluding carboxylic acids is 1. The van der Waals surface area contributed by atoms with E-state index in [1.54, 1.807) is 0 Å². The molecule has 0 aliphatic carbocycles. The van der Waals surface area contributed by atoms with E-state index in [1.807, 2.05) is 0 Å². The van der Waals surface area contributed by atoms with Crippen molar-refractivity contribution in [1.82, 2.24) is 20.4 Å². The molecule has 116 valence electrons. The Kier molecular flexibility index (Phi) is 5.26. The van der Waals surface area contributed by atoms with Crippen LogP contribution in [0, 0.1) is 16.0 Å². The van der Waals surface area contributed by atoms with Crippen molar-refractivity contribution in [2.45, 2.75) is 26.2 Å². The summed E-state index contributed by atoms with van der Waals surface area (Å²) >= 11 is 0. The molecule has 1 fully saturated rings. The van der Waals surface area contributed by atoms with Gasteiger partial charge < -0.3 is 10.2 Å². The van der Waals surface area contributed by atoms with Crippen LogP contribution in [0.4, 0.5) is 5.69 Å². The number of nitrogens with zero attached hydrogens (tertiary/aromatic N) is 3. The summed E-state index contributed by atoms with van der Waals surface area (Å²) in [5.41, 5.74) is -0.385. The van der Waals surface area contributed by atoms with E-state index in [-0.39, 0.29) is 11.4 Å². The van der Waals surface area contributed by atoms with Gasteiger partial charge in [-0.2, -0.15) is 5.10 Å². The van der Waals surface area contributed by atoms with Crippen molar-refractivity contribution in [3.8, 4) is 0 Å². The fourth-order valence-corrected chi connectivity index (χ4v) is 2.46. The number of piperidine rings is 1. The third kappa shape index (κ3) is 4.25. The molecular formula is C13H21N5O3. The van der Waals surface area contributed by atoms with Crippen LogP contribution in [0.5, 0.6) is 0 Å². The molecule has 1 aromatic rings. The first kappa shape index (κ1) is 15.4. The summed E-state index contributed by atoms with van der Waals surface area (Å²) in [5.74, 6) is 0.327. The number of nitro groups is 1. The second-order valence-electron chi connectivity index (χ2n) is 5.52. The molecule has 1 aromatic heterocycles. The topological polar surface area (TPSA) is 104 Å². The Labute approximate surface area is 123 Å². The lowest BCUT2D eigenvalue weighted by atomic mass is 9.99. The molecule has 1 amide bonds. The van der Waals surface area contributed by atoms with Crippen molar-refractivity contribution in [3.05, 3.63) is 22.0 Å². The molecule has 8 nitrogen and oxygen atoms in total. The van der Waals surface area contributed by atoms with Crippen molar-refractivity contribution < 1.29 is 9.72 Å². The Morgan fingerprint density at radius 1 is 1.57 bits per heavy atom.